The number of amides is 1. The fraction of sp³-hybridized carbons (Fsp3) is 0.423. The van der Waals surface area contributed by atoms with Crippen LogP contribution in [0.5, 0.6) is 11.5 Å². The molecule has 1 fully saturated rings. The van der Waals surface area contributed by atoms with Crippen molar-refractivity contribution in [2.75, 3.05) is 57.7 Å². The van der Waals surface area contributed by atoms with Gasteiger partial charge in [-0.15, -0.1) is 0 Å². The minimum absolute atomic E-state index is 0.0448. The molecule has 3 N–H and O–H groups in total. The van der Waals surface area contributed by atoms with Crippen LogP contribution in [0.2, 0.25) is 10.0 Å². The van der Waals surface area contributed by atoms with E-state index >= 15 is 0 Å². The van der Waals surface area contributed by atoms with Gasteiger partial charge in [0.15, 0.2) is 6.23 Å². The number of rotatable bonds is 9. The highest BCUT2D eigenvalue weighted by Crippen LogP contribution is 2.47. The van der Waals surface area contributed by atoms with E-state index in [2.05, 4.69) is 32.1 Å². The van der Waals surface area contributed by atoms with Crippen molar-refractivity contribution in [1.82, 2.24) is 20.2 Å². The van der Waals surface area contributed by atoms with Crippen molar-refractivity contribution in [2.24, 2.45) is 0 Å². The van der Waals surface area contributed by atoms with Crippen LogP contribution in [0.4, 0.5) is 11.8 Å². The molecule has 2 aliphatic rings. The van der Waals surface area contributed by atoms with Crippen molar-refractivity contribution in [2.45, 2.75) is 25.1 Å². The summed E-state index contributed by atoms with van der Waals surface area (Å²) in [6.45, 7) is 6.20. The highest BCUT2D eigenvalue weighted by Gasteiger charge is 2.34. The normalized spacial score (nSPS) is 19.3. The average Bonchev–Trinajstić information content (AvgIpc) is 2.93. The van der Waals surface area contributed by atoms with Crippen LogP contribution >= 0.6 is 23.2 Å². The number of carbonyl (C=O) groups excluding carboxylic acids is 1. The molecular formula is C26H32Cl2N6O4. The number of nitrogens with one attached hydrogen (secondary N) is 2. The lowest BCUT2D eigenvalue weighted by Crippen LogP contribution is -2.50. The van der Waals surface area contributed by atoms with Gasteiger partial charge in [0.05, 0.1) is 24.3 Å². The van der Waals surface area contributed by atoms with E-state index in [9.17, 15) is 9.90 Å². The molecular weight excluding hydrogens is 531 g/mol. The van der Waals surface area contributed by atoms with E-state index in [-0.39, 0.29) is 22.0 Å². The number of carbonyl (C=O) groups is 1. The molecule has 0 radical (unpaired) electrons. The van der Waals surface area contributed by atoms with Gasteiger partial charge >= 0.3 is 0 Å². The second-order valence-corrected chi connectivity index (χ2v) is 9.78. The van der Waals surface area contributed by atoms with Crippen molar-refractivity contribution >= 4 is 52.5 Å². The third kappa shape index (κ3) is 5.68. The molecule has 0 saturated carbocycles. The Labute approximate surface area is 232 Å². The number of ether oxygens (including phenoxy) is 2. The molecule has 38 heavy (non-hydrogen) atoms. The maximum absolute atomic E-state index is 11.8. The van der Waals surface area contributed by atoms with Gasteiger partial charge in [0, 0.05) is 61.7 Å². The Morgan fingerprint density at radius 3 is 2.61 bits per heavy atom. The van der Waals surface area contributed by atoms with Crippen LogP contribution in [0.15, 0.2) is 24.9 Å². The average molecular weight is 563 g/mol. The summed E-state index contributed by atoms with van der Waals surface area (Å²) < 4.78 is 10.9. The van der Waals surface area contributed by atoms with Crippen molar-refractivity contribution in [3.63, 3.8) is 0 Å². The molecule has 2 atom stereocenters. The summed E-state index contributed by atoms with van der Waals surface area (Å²) in [7, 11) is 4.74. The van der Waals surface area contributed by atoms with Gasteiger partial charge in [-0.3, -0.25) is 9.69 Å². The Balaban J connectivity index is 1.68. The molecule has 1 aromatic carbocycles. The summed E-state index contributed by atoms with van der Waals surface area (Å²) in [5.41, 5.74) is 1.59. The van der Waals surface area contributed by atoms with E-state index in [1.54, 1.807) is 30.3 Å². The number of piperidine rings is 1. The topological polar surface area (TPSA) is 112 Å². The quantitative estimate of drug-likeness (QED) is 0.396. The lowest BCUT2D eigenvalue weighted by atomic mass is 9.96. The first-order chi connectivity index (χ1) is 18.3. The first-order valence-electron chi connectivity index (χ1n) is 12.3. The molecule has 2 aromatic rings. The fourth-order valence-corrected chi connectivity index (χ4v) is 5.53. The predicted octanol–water partition coefficient (Wildman–Crippen LogP) is 3.29. The number of hydrogen-bond acceptors (Lipinski definition) is 9. The minimum Gasteiger partial charge on any atom is -0.495 e. The van der Waals surface area contributed by atoms with Crippen LogP contribution in [-0.4, -0.2) is 85.6 Å². The van der Waals surface area contributed by atoms with E-state index in [4.69, 9.17) is 32.7 Å². The summed E-state index contributed by atoms with van der Waals surface area (Å²) in [5.74, 6) is 1.58. The largest absolute Gasteiger partial charge is 0.495 e. The van der Waals surface area contributed by atoms with E-state index in [0.29, 0.717) is 59.6 Å². The Morgan fingerprint density at radius 2 is 1.97 bits per heavy atom. The molecule has 12 heteroatoms. The van der Waals surface area contributed by atoms with Gasteiger partial charge in [0.2, 0.25) is 11.9 Å². The van der Waals surface area contributed by atoms with Crippen LogP contribution in [0.3, 0.4) is 0 Å². The number of benzene rings is 1. The maximum Gasteiger partial charge on any atom is 0.243 e. The number of fused-ring (bicyclic) bond motifs is 1. The van der Waals surface area contributed by atoms with Crippen molar-refractivity contribution in [1.29, 1.82) is 0 Å². The number of aliphatic hydroxyl groups is 1. The zero-order chi connectivity index (χ0) is 27.4. The van der Waals surface area contributed by atoms with Gasteiger partial charge in [-0.1, -0.05) is 29.8 Å². The van der Waals surface area contributed by atoms with Gasteiger partial charge in [-0.25, -0.2) is 4.98 Å². The van der Waals surface area contributed by atoms with Crippen LogP contribution in [0, 0.1) is 0 Å². The van der Waals surface area contributed by atoms with Gasteiger partial charge in [0.25, 0.3) is 0 Å². The smallest absolute Gasteiger partial charge is 0.243 e. The van der Waals surface area contributed by atoms with Crippen molar-refractivity contribution in [3.8, 4) is 11.5 Å². The van der Waals surface area contributed by atoms with Crippen LogP contribution in [0.1, 0.15) is 24.0 Å². The van der Waals surface area contributed by atoms with E-state index in [0.717, 1.165) is 19.4 Å². The lowest BCUT2D eigenvalue weighted by molar-refractivity contribution is -0.117. The summed E-state index contributed by atoms with van der Waals surface area (Å²) in [6, 6.07) is 1.65. The Kier molecular flexibility index (Phi) is 8.99. The van der Waals surface area contributed by atoms with Gasteiger partial charge in [-0.2, -0.15) is 4.98 Å². The Bertz CT molecular complexity index is 1210. The minimum atomic E-state index is -1.12. The molecule has 1 saturated heterocycles. The molecule has 0 spiro atoms. The molecule has 1 aromatic heterocycles. The number of methoxy groups -OCH3 is 2. The molecule has 1 amide bonds. The van der Waals surface area contributed by atoms with Crippen LogP contribution < -0.4 is 25.0 Å². The van der Waals surface area contributed by atoms with E-state index in [1.807, 2.05) is 0 Å². The Morgan fingerprint density at radius 1 is 1.26 bits per heavy atom. The zero-order valence-corrected chi connectivity index (χ0v) is 23.1. The van der Waals surface area contributed by atoms with E-state index in [1.165, 1.54) is 20.3 Å². The van der Waals surface area contributed by atoms with Gasteiger partial charge in [0.1, 0.15) is 17.3 Å². The molecule has 2 aliphatic heterocycles. The second kappa shape index (κ2) is 12.2. The summed E-state index contributed by atoms with van der Waals surface area (Å²) in [6.07, 6.45) is 5.50. The van der Waals surface area contributed by atoms with E-state index < -0.39 is 6.23 Å². The highest BCUT2D eigenvalue weighted by molar-refractivity contribution is 6.40. The standard InChI is InChI=1S/C26H32Cl2N6O4/c1-5-20(35)31-16-7-6-8-33(14-16)9-10-34-24-15(13-30-26(29-2)32-24)11-17(25(34)36)21-22(27)18(37-3)12-19(38-4)23(21)28/h5,11-13,16,25,36H,1,6-10,14H2,2-4H3,(H,31,35)(H,29,30,32)/t16-,25?/m0/s1. The lowest BCUT2D eigenvalue weighted by Gasteiger charge is -2.38. The number of hydrogen-bond donors (Lipinski definition) is 3. The summed E-state index contributed by atoms with van der Waals surface area (Å²) >= 11 is 13.4. The molecule has 4 rings (SSSR count). The highest BCUT2D eigenvalue weighted by atomic mass is 35.5. The Hall–Kier alpha value is -3.05. The first kappa shape index (κ1) is 28.0. The third-order valence-corrected chi connectivity index (χ3v) is 7.48. The number of anilines is 2. The van der Waals surface area contributed by atoms with Gasteiger partial charge < -0.3 is 30.1 Å². The van der Waals surface area contributed by atoms with Crippen molar-refractivity contribution < 1.29 is 19.4 Å². The zero-order valence-electron chi connectivity index (χ0n) is 21.6. The summed E-state index contributed by atoms with van der Waals surface area (Å²) in [5, 5.41) is 18.2. The SMILES string of the molecule is C=CC(=O)N[C@H]1CCCN(CCN2c3nc(NC)ncc3C=C(c3c(Cl)c(OC)cc(OC)c3Cl)C2O)C1. The van der Waals surface area contributed by atoms with Crippen molar-refractivity contribution in [3.05, 3.63) is 46.1 Å². The number of halogens is 2. The monoisotopic (exact) mass is 562 g/mol. The molecule has 0 aliphatic carbocycles. The fourth-order valence-electron chi connectivity index (χ4n) is 4.81. The number of likely N-dealkylation sites (tertiary alicyclic amines) is 1. The molecule has 3 heterocycles. The number of aromatic nitrogens is 2. The molecule has 10 nitrogen and oxygen atoms in total. The molecule has 1 unspecified atom stereocenters. The molecule has 0 bridgehead atoms. The third-order valence-electron chi connectivity index (χ3n) is 6.73. The van der Waals surface area contributed by atoms with Crippen LogP contribution in [-0.2, 0) is 4.79 Å². The predicted molar refractivity (Wildman–Crippen MR) is 150 cm³/mol. The van der Waals surface area contributed by atoms with Gasteiger partial charge in [-0.05, 0) is 31.5 Å². The number of aliphatic hydroxyl groups excluding tert-OH is 1. The first-order valence-corrected chi connectivity index (χ1v) is 13.0. The summed E-state index contributed by atoms with van der Waals surface area (Å²) in [4.78, 5) is 24.8. The van der Waals surface area contributed by atoms with Crippen LogP contribution in [0.25, 0.3) is 11.6 Å². The molecule has 204 valence electrons. The number of nitrogens with zero attached hydrogens (tertiary/aromatic N) is 4. The maximum atomic E-state index is 11.8. The second-order valence-electron chi connectivity index (χ2n) is 9.03.